The molecule has 1 aromatic rings. The van der Waals surface area contributed by atoms with Crippen LogP contribution in [0.15, 0.2) is 18.2 Å². The molecule has 0 N–H and O–H groups in total. The third-order valence-electron chi connectivity index (χ3n) is 2.98. The quantitative estimate of drug-likeness (QED) is 0.553. The zero-order valence-electron chi connectivity index (χ0n) is 10.8. The van der Waals surface area contributed by atoms with Gasteiger partial charge in [-0.15, -0.1) is 0 Å². The van der Waals surface area contributed by atoms with Gasteiger partial charge in [-0.2, -0.15) is 0 Å². The predicted octanol–water partition coefficient (Wildman–Crippen LogP) is 1.96. The summed E-state index contributed by atoms with van der Waals surface area (Å²) in [6.07, 6.45) is -0.725. The Kier molecular flexibility index (Phi) is 5.22. The molecular weight excluding hydrogens is 397 g/mol. The molecule has 1 fully saturated rings. The van der Waals surface area contributed by atoms with Crippen molar-refractivity contribution in [3.63, 3.8) is 0 Å². The van der Waals surface area contributed by atoms with Crippen molar-refractivity contribution < 1.29 is 19.1 Å². The van der Waals surface area contributed by atoms with Crippen molar-refractivity contribution in [2.45, 2.75) is 6.10 Å². The Morgan fingerprint density at radius 1 is 1.50 bits per heavy atom. The molecular formula is C13H13ClINO4. The first-order chi connectivity index (χ1) is 9.52. The Bertz CT molecular complexity index is 537. The van der Waals surface area contributed by atoms with E-state index in [-0.39, 0.29) is 12.5 Å². The summed E-state index contributed by atoms with van der Waals surface area (Å²) < 4.78 is 10.8. The molecule has 20 heavy (non-hydrogen) atoms. The fourth-order valence-electron chi connectivity index (χ4n) is 1.92. The average molecular weight is 410 g/mol. The van der Waals surface area contributed by atoms with E-state index in [2.05, 4.69) is 27.3 Å². The smallest absolute Gasteiger partial charge is 0.336 e. The molecule has 1 atom stereocenters. The van der Waals surface area contributed by atoms with Gasteiger partial charge < -0.3 is 14.4 Å². The standard InChI is InChI=1S/C13H13ClINO4/c1-19-13(18)11-7-16(4-5-20-11)12(17)8-2-3-10(15)9(14)6-8/h2-3,6,11H,4-5,7H2,1H3. The van der Waals surface area contributed by atoms with Gasteiger partial charge in [-0.05, 0) is 40.8 Å². The molecule has 5 nitrogen and oxygen atoms in total. The molecule has 1 aromatic carbocycles. The van der Waals surface area contributed by atoms with Crippen LogP contribution in [0.1, 0.15) is 10.4 Å². The fourth-order valence-corrected chi connectivity index (χ4v) is 2.44. The predicted molar refractivity (Wildman–Crippen MR) is 81.8 cm³/mol. The number of esters is 1. The van der Waals surface area contributed by atoms with Gasteiger partial charge in [0.05, 0.1) is 25.3 Å². The van der Waals surface area contributed by atoms with Crippen LogP contribution in [0.25, 0.3) is 0 Å². The third kappa shape index (κ3) is 3.42. The number of amides is 1. The molecule has 1 heterocycles. The molecule has 7 heteroatoms. The molecule has 108 valence electrons. The number of ether oxygens (including phenoxy) is 2. The number of methoxy groups -OCH3 is 1. The van der Waals surface area contributed by atoms with Gasteiger partial charge in [0.15, 0.2) is 6.10 Å². The largest absolute Gasteiger partial charge is 0.467 e. The van der Waals surface area contributed by atoms with Crippen molar-refractivity contribution in [2.75, 3.05) is 26.8 Å². The van der Waals surface area contributed by atoms with Crippen LogP contribution in [0.3, 0.4) is 0 Å². The topological polar surface area (TPSA) is 55.8 Å². The van der Waals surface area contributed by atoms with E-state index in [1.165, 1.54) is 7.11 Å². The lowest BCUT2D eigenvalue weighted by molar-refractivity contribution is -0.158. The van der Waals surface area contributed by atoms with Crippen LogP contribution in [0, 0.1) is 3.57 Å². The summed E-state index contributed by atoms with van der Waals surface area (Å²) >= 11 is 8.12. The van der Waals surface area contributed by atoms with E-state index in [1.807, 2.05) is 0 Å². The maximum Gasteiger partial charge on any atom is 0.336 e. The van der Waals surface area contributed by atoms with Crippen LogP contribution < -0.4 is 0 Å². The summed E-state index contributed by atoms with van der Waals surface area (Å²) in [7, 11) is 1.30. The highest BCUT2D eigenvalue weighted by atomic mass is 127. The highest BCUT2D eigenvalue weighted by Crippen LogP contribution is 2.21. The zero-order valence-corrected chi connectivity index (χ0v) is 13.7. The number of hydrogen-bond acceptors (Lipinski definition) is 4. The summed E-state index contributed by atoms with van der Waals surface area (Å²) in [6, 6.07) is 5.14. The first kappa shape index (κ1) is 15.5. The monoisotopic (exact) mass is 409 g/mol. The number of hydrogen-bond donors (Lipinski definition) is 0. The highest BCUT2D eigenvalue weighted by Gasteiger charge is 2.30. The van der Waals surface area contributed by atoms with E-state index in [1.54, 1.807) is 23.1 Å². The molecule has 1 aliphatic rings. The Labute approximate surface area is 135 Å². The number of rotatable bonds is 2. The Morgan fingerprint density at radius 2 is 2.25 bits per heavy atom. The van der Waals surface area contributed by atoms with Crippen LogP contribution in [0.2, 0.25) is 5.02 Å². The minimum absolute atomic E-state index is 0.166. The molecule has 0 spiro atoms. The maximum atomic E-state index is 12.4. The first-order valence-electron chi connectivity index (χ1n) is 5.96. The second kappa shape index (κ2) is 6.73. The molecule has 1 saturated heterocycles. The van der Waals surface area contributed by atoms with Gasteiger partial charge >= 0.3 is 5.97 Å². The second-order valence-electron chi connectivity index (χ2n) is 4.26. The lowest BCUT2D eigenvalue weighted by Gasteiger charge is -2.31. The number of carbonyl (C=O) groups is 2. The molecule has 0 aliphatic carbocycles. The fraction of sp³-hybridized carbons (Fsp3) is 0.385. The van der Waals surface area contributed by atoms with Crippen molar-refractivity contribution in [1.29, 1.82) is 0 Å². The molecule has 1 amide bonds. The summed E-state index contributed by atoms with van der Waals surface area (Å²) in [5, 5.41) is 0.536. The molecule has 1 aliphatic heterocycles. The molecule has 1 unspecified atom stereocenters. The lowest BCUT2D eigenvalue weighted by atomic mass is 10.1. The Balaban J connectivity index is 2.12. The van der Waals surface area contributed by atoms with E-state index in [0.29, 0.717) is 23.7 Å². The first-order valence-corrected chi connectivity index (χ1v) is 7.42. The number of halogens is 2. The molecule has 0 bridgehead atoms. The van der Waals surface area contributed by atoms with Crippen molar-refractivity contribution >= 4 is 46.1 Å². The number of nitrogens with zero attached hydrogens (tertiary/aromatic N) is 1. The normalized spacial score (nSPS) is 18.8. The van der Waals surface area contributed by atoms with Gasteiger partial charge in [-0.25, -0.2) is 4.79 Å². The number of morpholine rings is 1. The Hall–Kier alpha value is -0.860. The summed E-state index contributed by atoms with van der Waals surface area (Å²) in [5.74, 6) is -0.636. The number of benzene rings is 1. The van der Waals surface area contributed by atoms with Gasteiger partial charge in [0.2, 0.25) is 0 Å². The van der Waals surface area contributed by atoms with Gasteiger partial charge in [-0.3, -0.25) is 4.79 Å². The number of carbonyl (C=O) groups excluding carboxylic acids is 2. The second-order valence-corrected chi connectivity index (χ2v) is 5.83. The van der Waals surface area contributed by atoms with Crippen LogP contribution >= 0.6 is 34.2 Å². The zero-order chi connectivity index (χ0) is 14.7. The van der Waals surface area contributed by atoms with Crippen molar-refractivity contribution in [3.05, 3.63) is 32.4 Å². The van der Waals surface area contributed by atoms with E-state index in [9.17, 15) is 9.59 Å². The molecule has 2 rings (SSSR count). The molecule has 0 saturated carbocycles. The maximum absolute atomic E-state index is 12.4. The minimum atomic E-state index is -0.725. The lowest BCUT2D eigenvalue weighted by Crippen LogP contribution is -2.48. The van der Waals surface area contributed by atoms with Crippen molar-refractivity contribution in [2.24, 2.45) is 0 Å². The van der Waals surface area contributed by atoms with Gasteiger partial charge in [0, 0.05) is 15.7 Å². The van der Waals surface area contributed by atoms with E-state index < -0.39 is 12.1 Å². The van der Waals surface area contributed by atoms with Gasteiger partial charge in [-0.1, -0.05) is 11.6 Å². The van der Waals surface area contributed by atoms with Crippen LogP contribution in [-0.4, -0.2) is 49.7 Å². The van der Waals surface area contributed by atoms with Crippen molar-refractivity contribution in [3.8, 4) is 0 Å². The van der Waals surface area contributed by atoms with E-state index >= 15 is 0 Å². The summed E-state index contributed by atoms with van der Waals surface area (Å²) in [5.41, 5.74) is 0.501. The molecule has 0 radical (unpaired) electrons. The average Bonchev–Trinajstić information content (AvgIpc) is 2.48. The van der Waals surface area contributed by atoms with E-state index in [4.69, 9.17) is 16.3 Å². The van der Waals surface area contributed by atoms with Crippen LogP contribution in [0.4, 0.5) is 0 Å². The SMILES string of the molecule is COC(=O)C1CN(C(=O)c2ccc(I)c(Cl)c2)CCO1. The Morgan fingerprint density at radius 3 is 2.90 bits per heavy atom. The molecule has 0 aromatic heterocycles. The van der Waals surface area contributed by atoms with Gasteiger partial charge in [0.1, 0.15) is 0 Å². The highest BCUT2D eigenvalue weighted by molar-refractivity contribution is 14.1. The summed E-state index contributed by atoms with van der Waals surface area (Å²) in [6.45, 7) is 0.939. The van der Waals surface area contributed by atoms with Crippen LogP contribution in [-0.2, 0) is 14.3 Å². The minimum Gasteiger partial charge on any atom is -0.467 e. The van der Waals surface area contributed by atoms with Crippen molar-refractivity contribution in [1.82, 2.24) is 4.90 Å². The third-order valence-corrected chi connectivity index (χ3v) is 4.56. The summed E-state index contributed by atoms with van der Waals surface area (Å²) in [4.78, 5) is 25.4. The van der Waals surface area contributed by atoms with E-state index in [0.717, 1.165) is 3.57 Å². The van der Waals surface area contributed by atoms with Gasteiger partial charge in [0.25, 0.3) is 5.91 Å². The van der Waals surface area contributed by atoms with Crippen LogP contribution in [0.5, 0.6) is 0 Å².